The average Bonchev–Trinajstić information content (AvgIpc) is 2.80. The zero-order chi connectivity index (χ0) is 20.1. The minimum Gasteiger partial charge on any atom is -0.397 e. The Morgan fingerprint density at radius 3 is 2.30 bits per heavy atom. The van der Waals surface area contributed by atoms with Gasteiger partial charge in [0.15, 0.2) is 5.11 Å². The van der Waals surface area contributed by atoms with Crippen LogP contribution in [0.15, 0.2) is 48.7 Å². The third-order valence-corrected chi connectivity index (χ3v) is 4.83. The molecule has 0 bridgehead atoms. The number of hydrogen-bond acceptors (Lipinski definition) is 3. The molecule has 140 valence electrons. The van der Waals surface area contributed by atoms with Crippen molar-refractivity contribution in [1.29, 1.82) is 0 Å². The summed E-state index contributed by atoms with van der Waals surface area (Å²) >= 11 is 11.2. The molecule has 0 unspecified atom stereocenters. The Labute approximate surface area is 163 Å². The van der Waals surface area contributed by atoms with Crippen LogP contribution in [0.3, 0.4) is 0 Å². The van der Waals surface area contributed by atoms with Gasteiger partial charge in [0.25, 0.3) is 5.91 Å². The van der Waals surface area contributed by atoms with E-state index in [1.165, 1.54) is 36.1 Å². The standard InChI is InChI=1S/C18H13ClF3N3OS/c1-9-3-4-11(7-13(9)18(20,21)22)25-16(26)10(2)24(17(25)27)12-5-6-14(19)15(23)8-12/h3-8H,2,23H2,1H3. The molecule has 1 fully saturated rings. The molecule has 2 N–H and O–H groups in total. The van der Waals surface area contributed by atoms with Crippen molar-refractivity contribution >= 4 is 51.9 Å². The van der Waals surface area contributed by atoms with Gasteiger partial charge in [0.05, 0.1) is 27.6 Å². The number of carbonyl (C=O) groups excluding carboxylic acids is 1. The van der Waals surface area contributed by atoms with Crippen molar-refractivity contribution in [1.82, 2.24) is 0 Å². The number of anilines is 3. The molecule has 1 aliphatic heterocycles. The zero-order valence-corrected chi connectivity index (χ0v) is 15.5. The van der Waals surface area contributed by atoms with E-state index in [0.29, 0.717) is 10.7 Å². The number of alkyl halides is 3. The molecule has 1 aliphatic rings. The van der Waals surface area contributed by atoms with E-state index in [0.717, 1.165) is 11.0 Å². The van der Waals surface area contributed by atoms with Gasteiger partial charge in [-0.2, -0.15) is 13.2 Å². The molecule has 4 nitrogen and oxygen atoms in total. The van der Waals surface area contributed by atoms with Crippen LogP contribution >= 0.6 is 23.8 Å². The first kappa shape index (κ1) is 19.2. The second-order valence-corrected chi connectivity index (χ2v) is 6.68. The third-order valence-electron chi connectivity index (χ3n) is 4.12. The number of nitrogens with zero attached hydrogens (tertiary/aromatic N) is 2. The second-order valence-electron chi connectivity index (χ2n) is 5.91. The highest BCUT2D eigenvalue weighted by molar-refractivity contribution is 7.81. The van der Waals surface area contributed by atoms with E-state index in [9.17, 15) is 18.0 Å². The minimum atomic E-state index is -4.55. The molecule has 1 heterocycles. The molecular formula is C18H13ClF3N3OS. The number of halogens is 4. The first-order valence-electron chi connectivity index (χ1n) is 7.62. The molecule has 0 radical (unpaired) electrons. The molecule has 0 aliphatic carbocycles. The summed E-state index contributed by atoms with van der Waals surface area (Å²) in [5, 5.41) is 0.301. The average molecular weight is 412 g/mol. The van der Waals surface area contributed by atoms with Crippen molar-refractivity contribution in [2.24, 2.45) is 0 Å². The van der Waals surface area contributed by atoms with Crippen molar-refractivity contribution in [2.75, 3.05) is 15.5 Å². The topological polar surface area (TPSA) is 49.6 Å². The smallest absolute Gasteiger partial charge is 0.397 e. The monoisotopic (exact) mass is 411 g/mol. The molecule has 3 rings (SSSR count). The van der Waals surface area contributed by atoms with Gasteiger partial charge in [0, 0.05) is 0 Å². The largest absolute Gasteiger partial charge is 0.416 e. The fourth-order valence-electron chi connectivity index (χ4n) is 2.75. The van der Waals surface area contributed by atoms with Crippen molar-refractivity contribution in [3.05, 3.63) is 64.8 Å². The summed E-state index contributed by atoms with van der Waals surface area (Å²) in [5.74, 6) is -0.620. The molecule has 0 spiro atoms. The van der Waals surface area contributed by atoms with Crippen LogP contribution in [0.2, 0.25) is 5.02 Å². The van der Waals surface area contributed by atoms with E-state index in [1.54, 1.807) is 6.07 Å². The van der Waals surface area contributed by atoms with Crippen LogP contribution in [0.1, 0.15) is 11.1 Å². The van der Waals surface area contributed by atoms with E-state index < -0.39 is 17.6 Å². The molecule has 9 heteroatoms. The molecule has 1 amide bonds. The van der Waals surface area contributed by atoms with E-state index in [4.69, 9.17) is 29.6 Å². The SMILES string of the molecule is C=C1C(=O)N(c2ccc(C)c(C(F)(F)F)c2)C(=S)N1c1ccc(Cl)c(N)c1. The predicted octanol–water partition coefficient (Wildman–Crippen LogP) is 4.90. The molecule has 0 atom stereocenters. The van der Waals surface area contributed by atoms with E-state index in [1.807, 2.05) is 0 Å². The van der Waals surface area contributed by atoms with Crippen LogP contribution in [0.5, 0.6) is 0 Å². The lowest BCUT2D eigenvalue weighted by molar-refractivity contribution is -0.138. The highest BCUT2D eigenvalue weighted by Gasteiger charge is 2.40. The first-order valence-corrected chi connectivity index (χ1v) is 8.41. The Kier molecular flexibility index (Phi) is 4.65. The summed E-state index contributed by atoms with van der Waals surface area (Å²) in [4.78, 5) is 15.0. The summed E-state index contributed by atoms with van der Waals surface area (Å²) in [6, 6.07) is 8.22. The number of aryl methyl sites for hydroxylation is 1. The Balaban J connectivity index is 2.06. The molecule has 0 aromatic heterocycles. The number of hydrogen-bond donors (Lipinski definition) is 1. The molecule has 1 saturated heterocycles. The third kappa shape index (κ3) is 3.26. The highest BCUT2D eigenvalue weighted by atomic mass is 35.5. The second kappa shape index (κ2) is 6.54. The Morgan fingerprint density at radius 1 is 1.11 bits per heavy atom. The molecule has 2 aromatic rings. The lowest BCUT2D eigenvalue weighted by atomic mass is 10.1. The van der Waals surface area contributed by atoms with Crippen molar-refractivity contribution in [3.8, 4) is 0 Å². The Bertz CT molecular complexity index is 990. The zero-order valence-electron chi connectivity index (χ0n) is 14.0. The maximum atomic E-state index is 13.2. The van der Waals surface area contributed by atoms with E-state index in [2.05, 4.69) is 6.58 Å². The van der Waals surface area contributed by atoms with Crippen molar-refractivity contribution in [2.45, 2.75) is 13.1 Å². The van der Waals surface area contributed by atoms with Gasteiger partial charge in [0.1, 0.15) is 5.70 Å². The van der Waals surface area contributed by atoms with Crippen LogP contribution < -0.4 is 15.5 Å². The van der Waals surface area contributed by atoms with E-state index >= 15 is 0 Å². The number of rotatable bonds is 2. The maximum Gasteiger partial charge on any atom is 0.416 e. The number of carbonyl (C=O) groups is 1. The normalized spacial score (nSPS) is 15.1. The van der Waals surface area contributed by atoms with Gasteiger partial charge in [-0.15, -0.1) is 0 Å². The lowest BCUT2D eigenvalue weighted by Crippen LogP contribution is -2.33. The number of thiocarbonyl (C=S) groups is 1. The number of nitrogen functional groups attached to an aromatic ring is 1. The molecule has 2 aromatic carbocycles. The molecule has 27 heavy (non-hydrogen) atoms. The summed E-state index contributed by atoms with van der Waals surface area (Å²) < 4.78 is 39.7. The fourth-order valence-corrected chi connectivity index (χ4v) is 3.27. The quantitative estimate of drug-likeness (QED) is 0.434. The van der Waals surface area contributed by atoms with Crippen molar-refractivity contribution in [3.63, 3.8) is 0 Å². The molecular weight excluding hydrogens is 399 g/mol. The minimum absolute atomic E-state index is 0.00384. The van der Waals surface area contributed by atoms with Gasteiger partial charge in [-0.1, -0.05) is 24.2 Å². The van der Waals surface area contributed by atoms with Gasteiger partial charge in [0.2, 0.25) is 0 Å². The van der Waals surface area contributed by atoms with Gasteiger partial charge in [-0.05, 0) is 55.0 Å². The van der Waals surface area contributed by atoms with Crippen LogP contribution in [-0.2, 0) is 11.0 Å². The number of benzene rings is 2. The molecule has 0 saturated carbocycles. The van der Waals surface area contributed by atoms with Gasteiger partial charge < -0.3 is 5.73 Å². The first-order chi connectivity index (χ1) is 12.5. The van der Waals surface area contributed by atoms with Crippen LogP contribution in [0.25, 0.3) is 0 Å². The van der Waals surface area contributed by atoms with Gasteiger partial charge in [-0.3, -0.25) is 14.6 Å². The summed E-state index contributed by atoms with van der Waals surface area (Å²) in [6.07, 6.45) is -4.55. The summed E-state index contributed by atoms with van der Waals surface area (Å²) in [7, 11) is 0. The Morgan fingerprint density at radius 2 is 1.70 bits per heavy atom. The van der Waals surface area contributed by atoms with Crippen molar-refractivity contribution < 1.29 is 18.0 Å². The maximum absolute atomic E-state index is 13.2. The van der Waals surface area contributed by atoms with Crippen LogP contribution in [0, 0.1) is 6.92 Å². The summed E-state index contributed by atoms with van der Waals surface area (Å²) in [6.45, 7) is 5.06. The lowest BCUT2D eigenvalue weighted by Gasteiger charge is -2.21. The number of nitrogens with two attached hydrogens (primary N) is 1. The van der Waals surface area contributed by atoms with Crippen LogP contribution in [0.4, 0.5) is 30.2 Å². The van der Waals surface area contributed by atoms with Gasteiger partial charge in [-0.25, -0.2) is 0 Å². The van der Waals surface area contributed by atoms with Crippen LogP contribution in [-0.4, -0.2) is 11.0 Å². The van der Waals surface area contributed by atoms with E-state index in [-0.39, 0.29) is 27.7 Å². The Hall–Kier alpha value is -2.58. The fraction of sp³-hybridized carbons (Fsp3) is 0.111. The summed E-state index contributed by atoms with van der Waals surface area (Å²) in [5.41, 5.74) is 5.71. The number of amides is 1. The highest BCUT2D eigenvalue weighted by Crippen LogP contribution is 2.38. The predicted molar refractivity (Wildman–Crippen MR) is 104 cm³/mol. The van der Waals surface area contributed by atoms with Gasteiger partial charge >= 0.3 is 6.18 Å².